The number of rotatable bonds is 5. The molecular weight excluding hydrogens is 270 g/mol. The van der Waals surface area contributed by atoms with Crippen molar-refractivity contribution < 1.29 is 9.59 Å². The fourth-order valence-electron chi connectivity index (χ4n) is 4.65. The van der Waals surface area contributed by atoms with E-state index in [1.54, 1.807) is 0 Å². The third-order valence-corrected chi connectivity index (χ3v) is 6.23. The smallest absolute Gasteiger partial charge is 0.0978 e. The van der Waals surface area contributed by atoms with Gasteiger partial charge >= 0.3 is 0 Å². The van der Waals surface area contributed by atoms with Crippen LogP contribution in [0.5, 0.6) is 0 Å². The molecule has 1 saturated heterocycles. The highest BCUT2D eigenvalue weighted by Gasteiger charge is 2.41. The first-order valence-corrected chi connectivity index (χ1v) is 9.24. The van der Waals surface area contributed by atoms with Crippen LogP contribution in [0.1, 0.15) is 56.9 Å². The minimum atomic E-state index is -0.620. The lowest BCUT2D eigenvalue weighted by Crippen LogP contribution is -2.46. The highest BCUT2D eigenvalue weighted by atomic mass is 16.3. The molecule has 3 rings (SSSR count). The van der Waals surface area contributed by atoms with Crippen molar-refractivity contribution in [3.05, 3.63) is 35.9 Å². The van der Waals surface area contributed by atoms with Gasteiger partial charge in [-0.05, 0) is 24.3 Å². The number of benzene rings is 1. The Kier molecular flexibility index (Phi) is 4.89. The molecule has 1 heterocycles. The van der Waals surface area contributed by atoms with Gasteiger partial charge in [-0.2, -0.15) is 0 Å². The van der Waals surface area contributed by atoms with Crippen molar-refractivity contribution in [3.8, 4) is 0 Å². The summed E-state index contributed by atoms with van der Waals surface area (Å²) >= 11 is 0. The fraction of sp³-hybridized carbons (Fsp3) is 0.700. The fourth-order valence-corrected chi connectivity index (χ4v) is 4.65. The standard InChI is InChI=1S/C20H32NO/c1-21(15-8-9-16-21)17-14-20(22,18-10-4-2-5-11-18)19-12-6-3-7-13-19/h2,4-5,10-11,19,22H,3,6-9,12-17H2,1H3/q+1/t20-/m0/s1. The molecule has 1 aromatic rings. The maximum absolute atomic E-state index is 11.7. The first-order valence-electron chi connectivity index (χ1n) is 9.24. The van der Waals surface area contributed by atoms with E-state index in [0.29, 0.717) is 5.92 Å². The van der Waals surface area contributed by atoms with E-state index in [2.05, 4.69) is 37.4 Å². The van der Waals surface area contributed by atoms with Gasteiger partial charge in [0.05, 0.1) is 32.3 Å². The number of aliphatic hydroxyl groups is 1. The number of hydrogen-bond acceptors (Lipinski definition) is 1. The van der Waals surface area contributed by atoms with Crippen molar-refractivity contribution >= 4 is 0 Å². The van der Waals surface area contributed by atoms with Crippen molar-refractivity contribution in [2.24, 2.45) is 5.92 Å². The van der Waals surface area contributed by atoms with Gasteiger partial charge in [0.1, 0.15) is 0 Å². The quantitative estimate of drug-likeness (QED) is 0.812. The van der Waals surface area contributed by atoms with Gasteiger partial charge in [-0.1, -0.05) is 49.6 Å². The molecule has 0 radical (unpaired) electrons. The monoisotopic (exact) mass is 302 g/mol. The Morgan fingerprint density at radius 1 is 1.00 bits per heavy atom. The lowest BCUT2D eigenvalue weighted by Gasteiger charge is -2.41. The molecule has 0 bridgehead atoms. The van der Waals surface area contributed by atoms with Gasteiger partial charge in [0.15, 0.2) is 0 Å². The number of quaternary nitrogens is 1. The minimum Gasteiger partial charge on any atom is -0.385 e. The van der Waals surface area contributed by atoms with E-state index in [1.165, 1.54) is 58.0 Å². The molecule has 1 N–H and O–H groups in total. The normalized spacial score (nSPS) is 25.0. The Balaban J connectivity index is 1.79. The Morgan fingerprint density at radius 3 is 2.27 bits per heavy atom. The second-order valence-corrected chi connectivity index (χ2v) is 7.87. The average molecular weight is 302 g/mol. The van der Waals surface area contributed by atoms with Crippen molar-refractivity contribution in [2.45, 2.75) is 57.0 Å². The lowest BCUT2D eigenvalue weighted by atomic mass is 9.71. The maximum atomic E-state index is 11.7. The van der Waals surface area contributed by atoms with Crippen molar-refractivity contribution in [1.82, 2.24) is 0 Å². The summed E-state index contributed by atoms with van der Waals surface area (Å²) in [6.45, 7) is 3.69. The van der Waals surface area contributed by atoms with Crippen LogP contribution >= 0.6 is 0 Å². The van der Waals surface area contributed by atoms with E-state index >= 15 is 0 Å². The minimum absolute atomic E-state index is 0.442. The predicted molar refractivity (Wildman–Crippen MR) is 91.6 cm³/mol. The van der Waals surface area contributed by atoms with Crippen LogP contribution in [0.4, 0.5) is 0 Å². The number of likely N-dealkylation sites (tertiary alicyclic amines) is 1. The topological polar surface area (TPSA) is 20.2 Å². The van der Waals surface area contributed by atoms with E-state index in [-0.39, 0.29) is 0 Å². The first-order chi connectivity index (χ1) is 10.6. The summed E-state index contributed by atoms with van der Waals surface area (Å²) in [6.07, 6.45) is 9.91. The summed E-state index contributed by atoms with van der Waals surface area (Å²) in [5.74, 6) is 0.442. The zero-order valence-electron chi connectivity index (χ0n) is 14.1. The summed E-state index contributed by atoms with van der Waals surface area (Å²) < 4.78 is 1.15. The van der Waals surface area contributed by atoms with Gasteiger partial charge in [0.2, 0.25) is 0 Å². The van der Waals surface area contributed by atoms with Gasteiger partial charge in [0, 0.05) is 19.3 Å². The average Bonchev–Trinajstić information content (AvgIpc) is 3.01. The second-order valence-electron chi connectivity index (χ2n) is 7.87. The predicted octanol–water partition coefficient (Wildman–Crippen LogP) is 4.09. The molecule has 1 aromatic carbocycles. The molecule has 2 nitrogen and oxygen atoms in total. The molecular formula is C20H32NO+. The van der Waals surface area contributed by atoms with Crippen molar-refractivity contribution in [1.29, 1.82) is 0 Å². The van der Waals surface area contributed by atoms with Crippen LogP contribution < -0.4 is 0 Å². The van der Waals surface area contributed by atoms with E-state index in [9.17, 15) is 5.11 Å². The summed E-state index contributed by atoms with van der Waals surface area (Å²) in [6, 6.07) is 10.5. The van der Waals surface area contributed by atoms with Gasteiger partial charge in [0.25, 0.3) is 0 Å². The molecule has 0 aromatic heterocycles. The van der Waals surface area contributed by atoms with Crippen molar-refractivity contribution in [2.75, 3.05) is 26.7 Å². The number of hydrogen-bond donors (Lipinski definition) is 1. The van der Waals surface area contributed by atoms with Gasteiger partial charge in [-0.25, -0.2) is 0 Å². The first kappa shape index (κ1) is 16.0. The molecule has 1 atom stereocenters. The molecule has 1 aliphatic carbocycles. The summed E-state index contributed by atoms with van der Waals surface area (Å²) in [5.41, 5.74) is 0.527. The molecule has 0 unspecified atom stereocenters. The molecule has 1 saturated carbocycles. The third kappa shape index (κ3) is 3.38. The Bertz CT molecular complexity index is 460. The second kappa shape index (κ2) is 6.72. The van der Waals surface area contributed by atoms with Crippen LogP contribution in [0.25, 0.3) is 0 Å². The van der Waals surface area contributed by atoms with Gasteiger partial charge in [-0.15, -0.1) is 0 Å². The van der Waals surface area contributed by atoms with E-state index in [4.69, 9.17) is 0 Å². The molecule has 2 aliphatic rings. The van der Waals surface area contributed by atoms with E-state index < -0.39 is 5.60 Å². The lowest BCUT2D eigenvalue weighted by molar-refractivity contribution is -0.898. The Labute approximate surface area is 135 Å². The molecule has 1 aliphatic heterocycles. The van der Waals surface area contributed by atoms with Crippen LogP contribution in [0.3, 0.4) is 0 Å². The third-order valence-electron chi connectivity index (χ3n) is 6.23. The summed E-state index contributed by atoms with van der Waals surface area (Å²) in [7, 11) is 2.37. The molecule has 22 heavy (non-hydrogen) atoms. The van der Waals surface area contributed by atoms with E-state index in [0.717, 1.165) is 23.0 Å². The van der Waals surface area contributed by atoms with Crippen LogP contribution in [0, 0.1) is 5.92 Å². The number of nitrogens with zero attached hydrogens (tertiary/aromatic N) is 1. The molecule has 2 heteroatoms. The summed E-state index contributed by atoms with van der Waals surface area (Å²) in [4.78, 5) is 0. The highest BCUT2D eigenvalue weighted by Crippen LogP contribution is 2.42. The molecule has 0 spiro atoms. The van der Waals surface area contributed by atoms with Gasteiger partial charge < -0.3 is 9.59 Å². The van der Waals surface area contributed by atoms with Crippen LogP contribution in [-0.4, -0.2) is 36.3 Å². The Morgan fingerprint density at radius 2 is 1.64 bits per heavy atom. The Hall–Kier alpha value is -0.860. The maximum Gasteiger partial charge on any atom is 0.0978 e. The van der Waals surface area contributed by atoms with E-state index in [1.807, 2.05) is 0 Å². The highest BCUT2D eigenvalue weighted by molar-refractivity contribution is 5.23. The van der Waals surface area contributed by atoms with Crippen molar-refractivity contribution in [3.63, 3.8) is 0 Å². The summed E-state index contributed by atoms with van der Waals surface area (Å²) in [5, 5.41) is 11.7. The SMILES string of the molecule is C[N+]1(CC[C@](O)(c2ccccc2)C2CCCCC2)CCCC1. The van der Waals surface area contributed by atoms with Crippen LogP contribution in [-0.2, 0) is 5.60 Å². The van der Waals surface area contributed by atoms with Gasteiger partial charge in [-0.3, -0.25) is 0 Å². The zero-order valence-corrected chi connectivity index (χ0v) is 14.1. The molecule has 0 amide bonds. The van der Waals surface area contributed by atoms with Crippen LogP contribution in [0.2, 0.25) is 0 Å². The zero-order chi connectivity index (χ0) is 15.5. The molecule has 2 fully saturated rings. The van der Waals surface area contributed by atoms with Crippen LogP contribution in [0.15, 0.2) is 30.3 Å². The largest absolute Gasteiger partial charge is 0.385 e. The molecule has 122 valence electrons.